The summed E-state index contributed by atoms with van der Waals surface area (Å²) in [5, 5.41) is 17.1. The van der Waals surface area contributed by atoms with Gasteiger partial charge in [-0.2, -0.15) is 5.26 Å². The Morgan fingerprint density at radius 2 is 1.97 bits per heavy atom. The Kier molecular flexibility index (Phi) is 8.13. The van der Waals surface area contributed by atoms with Crippen molar-refractivity contribution >= 4 is 23.4 Å². The molecule has 10 heteroatoms. The molecule has 0 fully saturated rings. The van der Waals surface area contributed by atoms with E-state index in [1.165, 1.54) is 7.11 Å². The van der Waals surface area contributed by atoms with Gasteiger partial charge in [-0.3, -0.25) is 20.0 Å². The number of ether oxygens (including phenoxy) is 1. The lowest BCUT2D eigenvalue weighted by Crippen LogP contribution is -2.42. The minimum Gasteiger partial charge on any atom is -0.496 e. The van der Waals surface area contributed by atoms with Crippen LogP contribution in [0.5, 0.6) is 5.75 Å². The van der Waals surface area contributed by atoms with Crippen molar-refractivity contribution in [2.45, 2.75) is 19.4 Å². The minimum atomic E-state index is -0.770. The van der Waals surface area contributed by atoms with Crippen molar-refractivity contribution in [1.29, 1.82) is 5.26 Å². The third-order valence-corrected chi connectivity index (χ3v) is 5.27. The van der Waals surface area contributed by atoms with Crippen molar-refractivity contribution in [2.75, 3.05) is 20.2 Å². The van der Waals surface area contributed by atoms with Crippen LogP contribution in [0, 0.1) is 11.3 Å². The number of carbonyl (C=O) groups excluding carboxylic acids is 2. The van der Waals surface area contributed by atoms with E-state index in [-0.39, 0.29) is 11.6 Å². The molecule has 2 aromatic carbocycles. The van der Waals surface area contributed by atoms with E-state index in [4.69, 9.17) is 16.3 Å². The van der Waals surface area contributed by atoms with Crippen LogP contribution < -0.4 is 26.3 Å². The molecule has 2 aromatic rings. The van der Waals surface area contributed by atoms with E-state index in [2.05, 4.69) is 34.6 Å². The maximum absolute atomic E-state index is 12.6. The number of nitrogens with zero attached hydrogens (tertiary/aromatic N) is 2. The number of hydrogen-bond donors (Lipinski definition) is 4. The Hall–Kier alpha value is -3.74. The largest absolute Gasteiger partial charge is 0.496 e. The fourth-order valence-electron chi connectivity index (χ4n) is 3.17. The van der Waals surface area contributed by atoms with E-state index < -0.39 is 11.9 Å². The van der Waals surface area contributed by atoms with Gasteiger partial charge >= 0.3 is 0 Å². The molecule has 1 atom stereocenters. The normalized spacial score (nSPS) is 13.4. The van der Waals surface area contributed by atoms with Crippen molar-refractivity contribution in [3.05, 3.63) is 76.1 Å². The van der Waals surface area contributed by atoms with E-state index in [9.17, 15) is 14.9 Å². The molecule has 1 aliphatic heterocycles. The summed E-state index contributed by atoms with van der Waals surface area (Å²) in [5.74, 6) is -0.342. The summed E-state index contributed by atoms with van der Waals surface area (Å²) in [6.07, 6.45) is 2.47. The minimum absolute atomic E-state index is 0.256. The summed E-state index contributed by atoms with van der Waals surface area (Å²) in [7, 11) is 1.47. The van der Waals surface area contributed by atoms with Gasteiger partial charge in [0.15, 0.2) is 0 Å². The van der Waals surface area contributed by atoms with Crippen molar-refractivity contribution in [3.63, 3.8) is 0 Å². The van der Waals surface area contributed by atoms with Gasteiger partial charge in [-0.1, -0.05) is 42.8 Å². The molecule has 9 nitrogen and oxygen atoms in total. The van der Waals surface area contributed by atoms with Crippen LogP contribution in [0.15, 0.2) is 54.4 Å². The van der Waals surface area contributed by atoms with Crippen LogP contribution in [0.1, 0.15) is 34.5 Å². The van der Waals surface area contributed by atoms with Gasteiger partial charge in [0.05, 0.1) is 25.3 Å². The van der Waals surface area contributed by atoms with E-state index in [0.717, 1.165) is 12.0 Å². The van der Waals surface area contributed by atoms with Gasteiger partial charge in [0.2, 0.25) is 0 Å². The molecule has 0 aromatic heterocycles. The zero-order valence-electron chi connectivity index (χ0n) is 18.3. The molecule has 2 amide bonds. The Morgan fingerprint density at radius 3 is 2.64 bits per heavy atom. The number of rotatable bonds is 9. The summed E-state index contributed by atoms with van der Waals surface area (Å²) < 4.78 is 5.20. The summed E-state index contributed by atoms with van der Waals surface area (Å²) in [6, 6.07) is 13.7. The molecule has 0 bridgehead atoms. The van der Waals surface area contributed by atoms with Gasteiger partial charge in [0.1, 0.15) is 17.5 Å². The zero-order valence-corrected chi connectivity index (χ0v) is 19.1. The SMILES string of the molecule is CCc1ccc(C(C#N)NC(=O)C2=CN(CCNC(=O)c3ccc(Cl)cc3OC)NN2)cc1. The molecule has 1 aliphatic rings. The fourth-order valence-corrected chi connectivity index (χ4v) is 3.33. The molecule has 172 valence electrons. The smallest absolute Gasteiger partial charge is 0.271 e. The second-order valence-corrected chi connectivity index (χ2v) is 7.64. The number of amides is 2. The van der Waals surface area contributed by atoms with Crippen molar-refractivity contribution in [2.24, 2.45) is 0 Å². The van der Waals surface area contributed by atoms with Crippen molar-refractivity contribution < 1.29 is 14.3 Å². The highest BCUT2D eigenvalue weighted by Crippen LogP contribution is 2.23. The number of carbonyl (C=O) groups is 2. The Morgan fingerprint density at radius 1 is 1.21 bits per heavy atom. The third kappa shape index (κ3) is 6.16. The van der Waals surface area contributed by atoms with Crippen molar-refractivity contribution in [3.8, 4) is 11.8 Å². The Balaban J connectivity index is 1.51. The fraction of sp³-hybridized carbons (Fsp3) is 0.261. The maximum atomic E-state index is 12.6. The number of aryl methyl sites for hydroxylation is 1. The highest BCUT2D eigenvalue weighted by molar-refractivity contribution is 6.30. The number of halogens is 1. The van der Waals surface area contributed by atoms with Crippen LogP contribution in [0.2, 0.25) is 5.02 Å². The predicted octanol–water partition coefficient (Wildman–Crippen LogP) is 2.19. The monoisotopic (exact) mass is 468 g/mol. The molecule has 0 saturated heterocycles. The molecule has 3 rings (SSSR count). The second kappa shape index (κ2) is 11.2. The zero-order chi connectivity index (χ0) is 23.8. The van der Waals surface area contributed by atoms with Crippen LogP contribution in [-0.4, -0.2) is 37.0 Å². The first-order chi connectivity index (χ1) is 15.9. The molecule has 0 aliphatic carbocycles. The number of nitrogens with one attached hydrogen (secondary N) is 4. The van der Waals surface area contributed by atoms with Crippen LogP contribution in [-0.2, 0) is 11.2 Å². The number of methoxy groups -OCH3 is 1. The topological polar surface area (TPSA) is 119 Å². The second-order valence-electron chi connectivity index (χ2n) is 7.20. The standard InChI is InChI=1S/C23H25ClN6O3/c1-3-15-4-6-16(7-5-15)19(13-25)27-23(32)20-14-30(29-28-20)11-10-26-22(31)18-9-8-17(24)12-21(18)33-2/h4-9,12,14,19,28-29H,3,10-11H2,1-2H3,(H,26,31)(H,27,32). The summed E-state index contributed by atoms with van der Waals surface area (Å²) in [6.45, 7) is 2.73. The molecule has 0 radical (unpaired) electrons. The van der Waals surface area contributed by atoms with Gasteiger partial charge in [-0.25, -0.2) is 0 Å². The number of benzene rings is 2. The van der Waals surface area contributed by atoms with E-state index in [0.29, 0.717) is 35.0 Å². The average molecular weight is 469 g/mol. The first kappa shape index (κ1) is 23.9. The van der Waals surface area contributed by atoms with Gasteiger partial charge in [0.25, 0.3) is 11.8 Å². The van der Waals surface area contributed by atoms with Gasteiger partial charge in [0, 0.05) is 17.8 Å². The third-order valence-electron chi connectivity index (χ3n) is 5.04. The molecular formula is C23H25ClN6O3. The van der Waals surface area contributed by atoms with E-state index >= 15 is 0 Å². The molecular weight excluding hydrogens is 444 g/mol. The molecule has 1 heterocycles. The van der Waals surface area contributed by atoms with Gasteiger partial charge in [-0.15, -0.1) is 5.53 Å². The summed E-state index contributed by atoms with van der Waals surface area (Å²) in [5.41, 5.74) is 8.10. The number of nitriles is 1. The lowest BCUT2D eigenvalue weighted by molar-refractivity contribution is -0.118. The maximum Gasteiger partial charge on any atom is 0.271 e. The number of hydrogen-bond acceptors (Lipinski definition) is 7. The molecule has 1 unspecified atom stereocenters. The number of hydrazine groups is 2. The lowest BCUT2D eigenvalue weighted by atomic mass is 10.0. The first-order valence-electron chi connectivity index (χ1n) is 10.4. The predicted molar refractivity (Wildman–Crippen MR) is 124 cm³/mol. The van der Waals surface area contributed by atoms with Crippen LogP contribution in [0.3, 0.4) is 0 Å². The van der Waals surface area contributed by atoms with Crippen molar-refractivity contribution in [1.82, 2.24) is 26.6 Å². The molecule has 33 heavy (non-hydrogen) atoms. The van der Waals surface area contributed by atoms with Crippen LogP contribution >= 0.6 is 11.6 Å². The first-order valence-corrected chi connectivity index (χ1v) is 10.7. The van der Waals surface area contributed by atoms with E-state index in [1.807, 2.05) is 24.3 Å². The average Bonchev–Trinajstić information content (AvgIpc) is 3.31. The lowest BCUT2D eigenvalue weighted by Gasteiger charge is -2.15. The molecule has 0 spiro atoms. The molecule has 4 N–H and O–H groups in total. The van der Waals surface area contributed by atoms with Gasteiger partial charge in [-0.05, 0) is 35.7 Å². The highest BCUT2D eigenvalue weighted by atomic mass is 35.5. The van der Waals surface area contributed by atoms with Crippen LogP contribution in [0.4, 0.5) is 0 Å². The Labute approximate surface area is 197 Å². The van der Waals surface area contributed by atoms with Gasteiger partial charge < -0.3 is 15.4 Å². The Bertz CT molecular complexity index is 1080. The van der Waals surface area contributed by atoms with E-state index in [1.54, 1.807) is 29.4 Å². The highest BCUT2D eigenvalue weighted by Gasteiger charge is 2.21. The molecule has 0 saturated carbocycles. The summed E-state index contributed by atoms with van der Waals surface area (Å²) in [4.78, 5) is 25.0. The quantitative estimate of drug-likeness (QED) is 0.445. The summed E-state index contributed by atoms with van der Waals surface area (Å²) >= 11 is 5.93. The van der Waals surface area contributed by atoms with Crippen LogP contribution in [0.25, 0.3) is 0 Å².